The van der Waals surface area contributed by atoms with E-state index in [1.807, 2.05) is 0 Å². The Kier molecular flexibility index (Phi) is 7.21. The third-order valence-corrected chi connectivity index (χ3v) is 3.54. The minimum absolute atomic E-state index is 0.811. The first-order valence-electron chi connectivity index (χ1n) is 6.92. The van der Waals surface area contributed by atoms with E-state index in [-0.39, 0.29) is 0 Å². The molecule has 1 aromatic rings. The van der Waals surface area contributed by atoms with Crippen molar-refractivity contribution in [2.45, 2.75) is 59.0 Å². The van der Waals surface area contributed by atoms with Crippen LogP contribution in [0, 0.1) is 0 Å². The van der Waals surface area contributed by atoms with E-state index in [4.69, 9.17) is 4.43 Å². The van der Waals surface area contributed by atoms with Gasteiger partial charge in [-0.2, -0.15) is 0 Å². The summed E-state index contributed by atoms with van der Waals surface area (Å²) >= 11 is 0. The van der Waals surface area contributed by atoms with Crippen LogP contribution in [0.25, 0.3) is 0 Å². The van der Waals surface area contributed by atoms with Gasteiger partial charge in [-0.05, 0) is 42.4 Å². The zero-order chi connectivity index (χ0) is 12.5. The molecule has 0 aliphatic heterocycles. The summed E-state index contributed by atoms with van der Waals surface area (Å²) in [5.74, 6) is 0. The van der Waals surface area contributed by atoms with Crippen LogP contribution >= 0.6 is 0 Å². The van der Waals surface area contributed by atoms with Crippen LogP contribution in [0.3, 0.4) is 0 Å². The van der Waals surface area contributed by atoms with Crippen LogP contribution in [-0.4, -0.2) is 10.5 Å². The predicted molar refractivity (Wildman–Crippen MR) is 78.4 cm³/mol. The van der Waals surface area contributed by atoms with Crippen molar-refractivity contribution in [1.29, 1.82) is 0 Å². The highest BCUT2D eigenvalue weighted by atomic mass is 28.2. The van der Waals surface area contributed by atoms with Gasteiger partial charge >= 0.3 is 0 Å². The monoisotopic (exact) mass is 250 g/mol. The predicted octanol–water partition coefficient (Wildman–Crippen LogP) is 3.17. The second kappa shape index (κ2) is 8.48. The molecule has 0 heterocycles. The van der Waals surface area contributed by atoms with Crippen LogP contribution < -0.4 is 0 Å². The molecule has 0 radical (unpaired) electrons. The van der Waals surface area contributed by atoms with Crippen molar-refractivity contribution in [1.82, 2.24) is 0 Å². The molecule has 1 rings (SSSR count). The second-order valence-corrected chi connectivity index (χ2v) is 5.27. The topological polar surface area (TPSA) is 9.23 Å². The number of benzene rings is 1. The molecule has 96 valence electrons. The summed E-state index contributed by atoms with van der Waals surface area (Å²) in [4.78, 5) is 0. The van der Waals surface area contributed by atoms with Gasteiger partial charge in [0.15, 0.2) is 0 Å². The molecule has 0 N–H and O–H groups in total. The first kappa shape index (κ1) is 14.5. The average Bonchev–Trinajstić information content (AvgIpc) is 2.35. The van der Waals surface area contributed by atoms with Crippen molar-refractivity contribution in [2.24, 2.45) is 0 Å². The summed E-state index contributed by atoms with van der Waals surface area (Å²) in [7, 11) is 0.828. The summed E-state index contributed by atoms with van der Waals surface area (Å²) in [6.45, 7) is 5.33. The van der Waals surface area contributed by atoms with Crippen molar-refractivity contribution in [2.75, 3.05) is 0 Å². The van der Waals surface area contributed by atoms with E-state index >= 15 is 0 Å². The highest BCUT2D eigenvalue weighted by Gasteiger charge is 2.07. The van der Waals surface area contributed by atoms with Gasteiger partial charge in [-0.25, -0.2) is 0 Å². The van der Waals surface area contributed by atoms with Gasteiger partial charge in [0.2, 0.25) is 0 Å². The average molecular weight is 250 g/mol. The summed E-state index contributed by atoms with van der Waals surface area (Å²) in [5, 5.41) is 0. The van der Waals surface area contributed by atoms with Gasteiger partial charge in [0.05, 0.1) is 6.61 Å². The van der Waals surface area contributed by atoms with E-state index in [0.717, 1.165) is 17.1 Å². The molecule has 0 spiro atoms. The molecule has 1 aromatic carbocycles. The van der Waals surface area contributed by atoms with Crippen LogP contribution in [0.1, 0.15) is 56.2 Å². The summed E-state index contributed by atoms with van der Waals surface area (Å²) in [6, 6.07) is 6.73. The fourth-order valence-electron chi connectivity index (χ4n) is 2.25. The lowest BCUT2D eigenvalue weighted by Gasteiger charge is -2.14. The minimum atomic E-state index is 0.811. The lowest BCUT2D eigenvalue weighted by atomic mass is 9.93. The molecule has 0 aliphatic carbocycles. The summed E-state index contributed by atoms with van der Waals surface area (Å²) in [5.41, 5.74) is 4.54. The molecule has 2 heteroatoms. The third-order valence-electron chi connectivity index (χ3n) is 3.25. The molecule has 17 heavy (non-hydrogen) atoms. The first-order chi connectivity index (χ1) is 8.33. The Bertz CT molecular complexity index is 323. The fourth-order valence-corrected chi connectivity index (χ4v) is 2.57. The number of aryl methyl sites for hydroxylation is 1. The normalized spacial score (nSPS) is 10.9. The van der Waals surface area contributed by atoms with Crippen LogP contribution in [0.15, 0.2) is 18.2 Å². The van der Waals surface area contributed by atoms with Crippen LogP contribution in [0.2, 0.25) is 0 Å². The van der Waals surface area contributed by atoms with Crippen LogP contribution in [0.4, 0.5) is 0 Å². The Morgan fingerprint density at radius 3 is 2.29 bits per heavy atom. The largest absolute Gasteiger partial charge is 0.424 e. The lowest BCUT2D eigenvalue weighted by molar-refractivity contribution is 0.336. The third kappa shape index (κ3) is 4.64. The zero-order valence-electron chi connectivity index (χ0n) is 11.6. The lowest BCUT2D eigenvalue weighted by Crippen LogP contribution is -2.02. The molecule has 0 atom stereocenters. The Morgan fingerprint density at radius 2 is 1.65 bits per heavy atom. The molecule has 0 saturated carbocycles. The van der Waals surface area contributed by atoms with Gasteiger partial charge in [0.1, 0.15) is 10.5 Å². The molecule has 0 bridgehead atoms. The van der Waals surface area contributed by atoms with Gasteiger partial charge in [0.25, 0.3) is 0 Å². The molecule has 1 nitrogen and oxygen atoms in total. The van der Waals surface area contributed by atoms with Crippen LogP contribution in [-0.2, 0) is 23.9 Å². The summed E-state index contributed by atoms with van der Waals surface area (Å²) < 4.78 is 5.45. The van der Waals surface area contributed by atoms with E-state index in [1.165, 1.54) is 44.1 Å². The Hall–Kier alpha value is -0.603. The van der Waals surface area contributed by atoms with Crippen molar-refractivity contribution in [3.8, 4) is 0 Å². The first-order valence-corrected chi connectivity index (χ1v) is 7.73. The summed E-state index contributed by atoms with van der Waals surface area (Å²) in [6.07, 6.45) is 7.57. The molecule has 0 fully saturated rings. The number of rotatable bonds is 8. The standard InChI is InChI=1S/C15H26OSi/c1-3-5-8-13-9-7-10-14(12-16-17)15(13)11-6-4-2/h7,9-10H,3-6,8,11-12H2,1-2,17H3. The van der Waals surface area contributed by atoms with Gasteiger partial charge in [-0.3, -0.25) is 0 Å². The van der Waals surface area contributed by atoms with E-state index in [2.05, 4.69) is 32.0 Å². The van der Waals surface area contributed by atoms with E-state index in [0.29, 0.717) is 0 Å². The highest BCUT2D eigenvalue weighted by Crippen LogP contribution is 2.20. The maximum atomic E-state index is 5.45. The molecular weight excluding hydrogens is 224 g/mol. The van der Waals surface area contributed by atoms with Crippen molar-refractivity contribution in [3.63, 3.8) is 0 Å². The fraction of sp³-hybridized carbons (Fsp3) is 0.600. The molecular formula is C15H26OSi. The number of hydrogen-bond donors (Lipinski definition) is 0. The molecule has 0 aromatic heterocycles. The molecule has 0 unspecified atom stereocenters. The van der Waals surface area contributed by atoms with Crippen molar-refractivity contribution >= 4 is 10.5 Å². The zero-order valence-corrected chi connectivity index (χ0v) is 13.6. The Labute approximate surface area is 109 Å². The smallest absolute Gasteiger partial charge is 0.146 e. The van der Waals surface area contributed by atoms with Gasteiger partial charge in [-0.15, -0.1) is 0 Å². The van der Waals surface area contributed by atoms with E-state index in [9.17, 15) is 0 Å². The Morgan fingerprint density at radius 1 is 1.00 bits per heavy atom. The molecule has 0 aliphatic rings. The maximum Gasteiger partial charge on any atom is 0.146 e. The van der Waals surface area contributed by atoms with Gasteiger partial charge in [-0.1, -0.05) is 44.9 Å². The Balaban J connectivity index is 2.87. The van der Waals surface area contributed by atoms with Gasteiger partial charge in [0, 0.05) is 0 Å². The quantitative estimate of drug-likeness (QED) is 0.644. The minimum Gasteiger partial charge on any atom is -0.424 e. The maximum absolute atomic E-state index is 5.45. The second-order valence-electron chi connectivity index (χ2n) is 4.69. The molecule has 0 saturated heterocycles. The van der Waals surface area contributed by atoms with Gasteiger partial charge < -0.3 is 4.43 Å². The van der Waals surface area contributed by atoms with E-state index < -0.39 is 0 Å². The van der Waals surface area contributed by atoms with Crippen molar-refractivity contribution < 1.29 is 4.43 Å². The number of unbranched alkanes of at least 4 members (excludes halogenated alkanes) is 2. The van der Waals surface area contributed by atoms with E-state index in [1.54, 1.807) is 11.1 Å². The van der Waals surface area contributed by atoms with Crippen molar-refractivity contribution in [3.05, 3.63) is 34.9 Å². The number of hydrogen-bond acceptors (Lipinski definition) is 1. The highest BCUT2D eigenvalue weighted by molar-refractivity contribution is 5.97. The van der Waals surface area contributed by atoms with Crippen LogP contribution in [0.5, 0.6) is 0 Å². The SMILES string of the molecule is CCCCc1cccc(CO[SiH3])c1CCCC. The molecule has 0 amide bonds.